The number of benzene rings is 2. The summed E-state index contributed by atoms with van der Waals surface area (Å²) in [5.74, 6) is 0.609. The molecule has 118 valence electrons. The van der Waals surface area contributed by atoms with Gasteiger partial charge in [0.1, 0.15) is 11.5 Å². The van der Waals surface area contributed by atoms with Gasteiger partial charge in [-0.15, -0.1) is 0 Å². The van der Waals surface area contributed by atoms with Crippen LogP contribution in [0.25, 0.3) is 10.8 Å². The number of hydrogen-bond acceptors (Lipinski definition) is 3. The molecule has 0 aliphatic rings. The van der Waals surface area contributed by atoms with Crippen LogP contribution in [0.2, 0.25) is 0 Å². The molecule has 0 bridgehead atoms. The van der Waals surface area contributed by atoms with Crippen LogP contribution in [-0.2, 0) is 9.36 Å². The third-order valence-corrected chi connectivity index (χ3v) is 4.83. The van der Waals surface area contributed by atoms with Gasteiger partial charge in [-0.3, -0.25) is 9.36 Å². The smallest absolute Gasteiger partial charge is 0.314 e. The van der Waals surface area contributed by atoms with Crippen LogP contribution in [0.5, 0.6) is 5.75 Å². The third-order valence-electron chi connectivity index (χ3n) is 3.43. The van der Waals surface area contributed by atoms with Crippen molar-refractivity contribution >= 4 is 24.1 Å². The molecule has 0 aliphatic carbocycles. The van der Waals surface area contributed by atoms with E-state index in [2.05, 4.69) is 5.09 Å². The molecule has 0 spiro atoms. The van der Waals surface area contributed by atoms with Gasteiger partial charge < -0.3 is 4.52 Å². The average molecular weight is 319 g/mol. The van der Waals surface area contributed by atoms with Crippen molar-refractivity contribution in [1.29, 1.82) is 0 Å². The van der Waals surface area contributed by atoms with Gasteiger partial charge in [-0.1, -0.05) is 43.3 Å². The average Bonchev–Trinajstić information content (AvgIpc) is 2.47. The zero-order valence-corrected chi connectivity index (χ0v) is 14.1. The fourth-order valence-corrected chi connectivity index (χ4v) is 3.81. The molecular formula is C17H22NO3P. The van der Waals surface area contributed by atoms with E-state index in [1.54, 1.807) is 13.0 Å². The Balaban J connectivity index is 2.17. The molecule has 2 rings (SSSR count). The molecule has 0 amide bonds. The highest BCUT2D eigenvalue weighted by Gasteiger charge is 2.24. The van der Waals surface area contributed by atoms with Gasteiger partial charge in [-0.2, -0.15) is 0 Å². The summed E-state index contributed by atoms with van der Waals surface area (Å²) in [5.41, 5.74) is 0. The second kappa shape index (κ2) is 7.08. The zero-order chi connectivity index (χ0) is 16.2. The lowest BCUT2D eigenvalue weighted by atomic mass is 10.1. The van der Waals surface area contributed by atoms with E-state index in [0.29, 0.717) is 12.2 Å². The van der Waals surface area contributed by atoms with E-state index in [4.69, 9.17) is 4.52 Å². The van der Waals surface area contributed by atoms with Crippen molar-refractivity contribution < 1.29 is 13.9 Å². The molecule has 0 heterocycles. The minimum absolute atomic E-state index is 0.0473. The summed E-state index contributed by atoms with van der Waals surface area (Å²) in [6, 6.07) is 12.9. The Kier molecular flexibility index (Phi) is 5.38. The minimum Gasteiger partial charge on any atom is -0.432 e. The van der Waals surface area contributed by atoms with Crippen molar-refractivity contribution in [3.63, 3.8) is 0 Å². The van der Waals surface area contributed by atoms with Crippen molar-refractivity contribution in [2.75, 3.05) is 6.66 Å². The van der Waals surface area contributed by atoms with Gasteiger partial charge in [0.15, 0.2) is 0 Å². The molecule has 2 atom stereocenters. The molecule has 2 aromatic carbocycles. The number of ketones is 1. The summed E-state index contributed by atoms with van der Waals surface area (Å²) in [4.78, 5) is 11.8. The van der Waals surface area contributed by atoms with Crippen LogP contribution < -0.4 is 9.61 Å². The Morgan fingerprint density at radius 3 is 2.64 bits per heavy atom. The van der Waals surface area contributed by atoms with Crippen LogP contribution in [0.15, 0.2) is 42.5 Å². The Hall–Kier alpha value is -1.64. The first kappa shape index (κ1) is 16.7. The molecule has 0 fully saturated rings. The molecule has 0 saturated heterocycles. The number of carbonyl (C=O) groups is 1. The van der Waals surface area contributed by atoms with Gasteiger partial charge in [0.2, 0.25) is 0 Å². The van der Waals surface area contributed by atoms with Gasteiger partial charge in [-0.25, -0.2) is 5.09 Å². The van der Waals surface area contributed by atoms with Crippen LogP contribution in [0.4, 0.5) is 0 Å². The fraction of sp³-hybridized carbons (Fsp3) is 0.353. The second-order valence-corrected chi connectivity index (χ2v) is 7.61. The number of carbonyl (C=O) groups excluding carboxylic acids is 1. The quantitative estimate of drug-likeness (QED) is 0.769. The molecule has 5 heteroatoms. The molecule has 1 unspecified atom stereocenters. The van der Waals surface area contributed by atoms with E-state index in [1.807, 2.05) is 43.3 Å². The summed E-state index contributed by atoms with van der Waals surface area (Å²) in [6.45, 7) is 5.17. The van der Waals surface area contributed by atoms with Gasteiger partial charge >= 0.3 is 7.52 Å². The van der Waals surface area contributed by atoms with Gasteiger partial charge in [0, 0.05) is 18.5 Å². The Bertz CT molecular complexity index is 709. The van der Waals surface area contributed by atoms with Gasteiger partial charge in [-0.05, 0) is 24.8 Å². The lowest BCUT2D eigenvalue weighted by Crippen LogP contribution is -2.32. The summed E-state index contributed by atoms with van der Waals surface area (Å²) in [5, 5.41) is 4.77. The number of fused-ring (bicyclic) bond motifs is 1. The molecule has 0 radical (unpaired) electrons. The van der Waals surface area contributed by atoms with E-state index < -0.39 is 13.6 Å². The van der Waals surface area contributed by atoms with E-state index in [-0.39, 0.29) is 5.78 Å². The fourth-order valence-electron chi connectivity index (χ4n) is 2.38. The summed E-state index contributed by atoms with van der Waals surface area (Å²) >= 11 is 0. The highest BCUT2D eigenvalue weighted by molar-refractivity contribution is 7.56. The third kappa shape index (κ3) is 4.19. The number of hydrogen-bond donors (Lipinski definition) is 1. The molecule has 4 nitrogen and oxygen atoms in total. The maximum Gasteiger partial charge on any atom is 0.314 e. The summed E-state index contributed by atoms with van der Waals surface area (Å²) in [7, 11) is -3.12. The Labute approximate surface area is 131 Å². The first-order chi connectivity index (χ1) is 10.4. The minimum atomic E-state index is -3.12. The Morgan fingerprint density at radius 1 is 1.23 bits per heavy atom. The molecule has 22 heavy (non-hydrogen) atoms. The van der Waals surface area contributed by atoms with E-state index in [1.165, 1.54) is 6.66 Å². The van der Waals surface area contributed by atoms with Crippen molar-refractivity contribution in [3.05, 3.63) is 42.5 Å². The van der Waals surface area contributed by atoms with Crippen LogP contribution in [0.3, 0.4) is 0 Å². The van der Waals surface area contributed by atoms with Crippen molar-refractivity contribution in [3.8, 4) is 5.75 Å². The molecule has 2 aromatic rings. The molecule has 0 saturated carbocycles. The highest BCUT2D eigenvalue weighted by Crippen LogP contribution is 2.42. The highest BCUT2D eigenvalue weighted by atomic mass is 31.2. The van der Waals surface area contributed by atoms with Gasteiger partial charge in [0.25, 0.3) is 0 Å². The number of nitrogens with one attached hydrogen (secondary N) is 1. The largest absolute Gasteiger partial charge is 0.432 e. The van der Waals surface area contributed by atoms with Crippen molar-refractivity contribution in [2.45, 2.75) is 32.7 Å². The Morgan fingerprint density at radius 2 is 1.91 bits per heavy atom. The maximum atomic E-state index is 12.7. The first-order valence-electron chi connectivity index (χ1n) is 7.48. The monoisotopic (exact) mass is 319 g/mol. The number of Topliss-reactive ketones (excluding diaryl/α,β-unsaturated/α-hetero) is 1. The summed E-state index contributed by atoms with van der Waals surface area (Å²) in [6.07, 6.45) is 1.26. The van der Waals surface area contributed by atoms with Crippen molar-refractivity contribution in [1.82, 2.24) is 5.09 Å². The van der Waals surface area contributed by atoms with Crippen molar-refractivity contribution in [2.24, 2.45) is 0 Å². The topological polar surface area (TPSA) is 55.4 Å². The standard InChI is InChI=1S/C17H22NO3P/c1-4-8-16(19)13(2)18-22(3,20)21-17-12-7-10-14-9-5-6-11-15(14)17/h5-7,9-13H,4,8H2,1-3H3,(H,18,20)/t13-,22?/m0/s1. The van der Waals surface area contributed by atoms with Crippen LogP contribution in [0.1, 0.15) is 26.7 Å². The molecule has 1 N–H and O–H groups in total. The maximum absolute atomic E-state index is 12.7. The van der Waals surface area contributed by atoms with E-state index in [9.17, 15) is 9.36 Å². The van der Waals surface area contributed by atoms with Crippen LogP contribution >= 0.6 is 7.52 Å². The lowest BCUT2D eigenvalue weighted by molar-refractivity contribution is -0.120. The molecular weight excluding hydrogens is 297 g/mol. The SMILES string of the molecule is CCCC(=O)[C@H](C)NP(C)(=O)Oc1cccc2ccccc12. The van der Waals surface area contributed by atoms with Crippen LogP contribution in [0, 0.1) is 0 Å². The zero-order valence-electron chi connectivity index (χ0n) is 13.2. The van der Waals surface area contributed by atoms with E-state index in [0.717, 1.165) is 17.2 Å². The molecule has 0 aliphatic heterocycles. The van der Waals surface area contributed by atoms with Crippen LogP contribution in [-0.4, -0.2) is 18.5 Å². The lowest BCUT2D eigenvalue weighted by Gasteiger charge is -2.21. The molecule has 0 aromatic heterocycles. The van der Waals surface area contributed by atoms with Gasteiger partial charge in [0.05, 0.1) is 6.04 Å². The first-order valence-corrected chi connectivity index (χ1v) is 9.55. The predicted octanol–water partition coefficient (Wildman–Crippen LogP) is 4.39. The predicted molar refractivity (Wildman–Crippen MR) is 90.6 cm³/mol. The second-order valence-electron chi connectivity index (χ2n) is 5.48. The number of rotatable bonds is 7. The summed E-state index contributed by atoms with van der Waals surface area (Å²) < 4.78 is 18.4. The normalized spacial score (nSPS) is 15.2. The van der Waals surface area contributed by atoms with E-state index >= 15 is 0 Å².